The van der Waals surface area contributed by atoms with Crippen LogP contribution in [0.5, 0.6) is 11.5 Å². The van der Waals surface area contributed by atoms with Crippen molar-refractivity contribution in [3.63, 3.8) is 0 Å². The molecule has 8 nitrogen and oxygen atoms in total. The Morgan fingerprint density at radius 3 is 2.23 bits per heavy atom. The first-order chi connectivity index (χ1) is 21.0. The van der Waals surface area contributed by atoms with E-state index in [-0.39, 0.29) is 11.3 Å². The molecule has 5 rings (SSSR count). The van der Waals surface area contributed by atoms with Crippen molar-refractivity contribution >= 4 is 17.4 Å². The molecule has 1 atom stereocenters. The largest absolute Gasteiger partial charge is 0.507 e. The highest BCUT2D eigenvalue weighted by Crippen LogP contribution is 2.40. The lowest BCUT2D eigenvalue weighted by Crippen LogP contribution is -2.38. The molecule has 0 aromatic heterocycles. The molecule has 1 amide bonds. The second-order valence-corrected chi connectivity index (χ2v) is 10.9. The predicted molar refractivity (Wildman–Crippen MR) is 165 cm³/mol. The van der Waals surface area contributed by atoms with Gasteiger partial charge in [0.15, 0.2) is 0 Å². The van der Waals surface area contributed by atoms with Gasteiger partial charge in [-0.25, -0.2) is 0 Å². The summed E-state index contributed by atoms with van der Waals surface area (Å²) in [6.45, 7) is 7.46. The van der Waals surface area contributed by atoms with E-state index in [0.717, 1.165) is 49.4 Å². The van der Waals surface area contributed by atoms with Crippen LogP contribution in [0.4, 0.5) is 0 Å². The summed E-state index contributed by atoms with van der Waals surface area (Å²) in [6.07, 6.45) is 2.70. The van der Waals surface area contributed by atoms with Crippen LogP contribution in [0.15, 0.2) is 84.4 Å². The van der Waals surface area contributed by atoms with Crippen molar-refractivity contribution in [2.75, 3.05) is 46.0 Å². The highest BCUT2D eigenvalue weighted by molar-refractivity contribution is 6.46. The number of likely N-dealkylation sites (tertiary alicyclic amines) is 1. The smallest absolute Gasteiger partial charge is 0.295 e. The number of ether oxygens (including phenoxy) is 3. The van der Waals surface area contributed by atoms with Gasteiger partial charge in [-0.05, 0) is 60.4 Å². The van der Waals surface area contributed by atoms with Crippen molar-refractivity contribution in [1.82, 2.24) is 9.80 Å². The fourth-order valence-electron chi connectivity index (χ4n) is 5.43. The van der Waals surface area contributed by atoms with Gasteiger partial charge in [-0.15, -0.1) is 0 Å². The maximum Gasteiger partial charge on any atom is 0.295 e. The summed E-state index contributed by atoms with van der Waals surface area (Å²) in [5.41, 5.74) is 2.33. The maximum absolute atomic E-state index is 13.5. The number of amides is 1. The van der Waals surface area contributed by atoms with E-state index in [1.807, 2.05) is 54.6 Å². The molecule has 2 aliphatic rings. The molecule has 1 unspecified atom stereocenters. The van der Waals surface area contributed by atoms with E-state index < -0.39 is 17.7 Å². The minimum Gasteiger partial charge on any atom is -0.507 e. The number of nitrogens with zero attached hydrogens (tertiary/aromatic N) is 2. The molecule has 0 spiro atoms. The standard InChI is InChI=1S/C35H40N2O6/c1-2-3-22-42-29-14-10-27(11-15-29)32-31(34(39)35(40)37(32)19-7-18-36-20-23-41-24-21-36)33(38)28-12-16-30(17-13-28)43-25-26-8-5-4-6-9-26/h4-6,8-17,32,38H,2-3,7,18-25H2,1H3/b33-31+. The summed E-state index contributed by atoms with van der Waals surface area (Å²) < 4.78 is 17.2. The molecule has 3 aromatic rings. The topological polar surface area (TPSA) is 88.5 Å². The van der Waals surface area contributed by atoms with Crippen LogP contribution in [0, 0.1) is 0 Å². The van der Waals surface area contributed by atoms with E-state index >= 15 is 0 Å². The van der Waals surface area contributed by atoms with Gasteiger partial charge < -0.3 is 24.2 Å². The molecule has 0 radical (unpaired) electrons. The van der Waals surface area contributed by atoms with Gasteiger partial charge in [-0.3, -0.25) is 14.5 Å². The number of carbonyl (C=O) groups is 2. The molecule has 0 saturated carbocycles. The third kappa shape index (κ3) is 7.63. The molecule has 2 heterocycles. The highest BCUT2D eigenvalue weighted by Gasteiger charge is 2.45. The van der Waals surface area contributed by atoms with Gasteiger partial charge in [-0.1, -0.05) is 55.8 Å². The van der Waals surface area contributed by atoms with Gasteiger partial charge in [-0.2, -0.15) is 0 Å². The second-order valence-electron chi connectivity index (χ2n) is 10.9. The number of hydrogen-bond donors (Lipinski definition) is 1. The third-order valence-corrected chi connectivity index (χ3v) is 7.86. The molecule has 43 heavy (non-hydrogen) atoms. The lowest BCUT2D eigenvalue weighted by molar-refractivity contribution is -0.140. The number of ketones is 1. The number of hydrogen-bond acceptors (Lipinski definition) is 7. The van der Waals surface area contributed by atoms with E-state index in [1.54, 1.807) is 29.2 Å². The summed E-state index contributed by atoms with van der Waals surface area (Å²) in [5, 5.41) is 11.5. The molecule has 226 valence electrons. The summed E-state index contributed by atoms with van der Waals surface area (Å²) in [4.78, 5) is 30.7. The van der Waals surface area contributed by atoms with Crippen LogP contribution in [-0.4, -0.2) is 72.6 Å². The zero-order chi connectivity index (χ0) is 30.0. The fraction of sp³-hybridized carbons (Fsp3) is 0.371. The number of aliphatic hydroxyl groups is 1. The Morgan fingerprint density at radius 1 is 0.860 bits per heavy atom. The Bertz CT molecular complexity index is 1380. The molecule has 3 aromatic carbocycles. The quantitative estimate of drug-likeness (QED) is 0.121. The van der Waals surface area contributed by atoms with Crippen molar-refractivity contribution in [3.05, 3.63) is 101 Å². The number of rotatable bonds is 13. The minimum absolute atomic E-state index is 0.0916. The number of benzene rings is 3. The Balaban J connectivity index is 1.38. The van der Waals surface area contributed by atoms with Gasteiger partial charge in [0.25, 0.3) is 11.7 Å². The van der Waals surface area contributed by atoms with Crippen LogP contribution >= 0.6 is 0 Å². The first-order valence-electron chi connectivity index (χ1n) is 15.1. The van der Waals surface area contributed by atoms with Gasteiger partial charge in [0, 0.05) is 31.7 Å². The number of morpholine rings is 1. The predicted octanol–water partition coefficient (Wildman–Crippen LogP) is 5.59. The summed E-state index contributed by atoms with van der Waals surface area (Å²) >= 11 is 0. The van der Waals surface area contributed by atoms with E-state index in [4.69, 9.17) is 14.2 Å². The van der Waals surface area contributed by atoms with Crippen LogP contribution in [0.3, 0.4) is 0 Å². The van der Waals surface area contributed by atoms with Crippen molar-refractivity contribution in [2.24, 2.45) is 0 Å². The average molecular weight is 585 g/mol. The monoisotopic (exact) mass is 584 g/mol. The van der Waals surface area contributed by atoms with Crippen LogP contribution in [-0.2, 0) is 20.9 Å². The summed E-state index contributed by atoms with van der Waals surface area (Å²) in [5.74, 6) is -0.107. The number of carbonyl (C=O) groups excluding carboxylic acids is 2. The number of Topliss-reactive ketones (excluding diaryl/α,β-unsaturated/α-hetero) is 1. The van der Waals surface area contributed by atoms with Crippen molar-refractivity contribution < 1.29 is 28.9 Å². The lowest BCUT2D eigenvalue weighted by atomic mass is 9.95. The number of unbranched alkanes of at least 4 members (excludes halogenated alkanes) is 1. The van der Waals surface area contributed by atoms with E-state index in [9.17, 15) is 14.7 Å². The van der Waals surface area contributed by atoms with Crippen LogP contribution in [0.25, 0.3) is 5.76 Å². The van der Waals surface area contributed by atoms with Gasteiger partial charge >= 0.3 is 0 Å². The molecule has 2 saturated heterocycles. The van der Waals surface area contributed by atoms with Crippen LogP contribution < -0.4 is 9.47 Å². The Hall–Kier alpha value is -4.14. The van der Waals surface area contributed by atoms with E-state index in [2.05, 4.69) is 11.8 Å². The lowest BCUT2D eigenvalue weighted by Gasteiger charge is -2.29. The average Bonchev–Trinajstić information content (AvgIpc) is 3.30. The van der Waals surface area contributed by atoms with Crippen LogP contribution in [0.2, 0.25) is 0 Å². The highest BCUT2D eigenvalue weighted by atomic mass is 16.5. The van der Waals surface area contributed by atoms with Crippen molar-refractivity contribution in [3.8, 4) is 11.5 Å². The first kappa shape index (κ1) is 30.3. The molecular weight excluding hydrogens is 544 g/mol. The van der Waals surface area contributed by atoms with Crippen molar-refractivity contribution in [2.45, 2.75) is 38.8 Å². The van der Waals surface area contributed by atoms with E-state index in [0.29, 0.717) is 50.7 Å². The molecule has 1 N–H and O–H groups in total. The molecule has 2 fully saturated rings. The third-order valence-electron chi connectivity index (χ3n) is 7.86. The Labute approximate surface area is 253 Å². The van der Waals surface area contributed by atoms with Crippen molar-refractivity contribution in [1.29, 1.82) is 0 Å². The van der Waals surface area contributed by atoms with E-state index in [1.165, 1.54) is 0 Å². The van der Waals surface area contributed by atoms with Crippen LogP contribution in [0.1, 0.15) is 48.9 Å². The fourth-order valence-corrected chi connectivity index (χ4v) is 5.43. The number of aliphatic hydroxyl groups excluding tert-OH is 1. The maximum atomic E-state index is 13.5. The minimum atomic E-state index is -0.705. The summed E-state index contributed by atoms with van der Waals surface area (Å²) in [6, 6.07) is 23.6. The Kier molecular flexibility index (Phi) is 10.5. The second kappa shape index (κ2) is 14.8. The SMILES string of the molecule is CCCCOc1ccc(C2/C(=C(\O)c3ccc(OCc4ccccc4)cc3)C(=O)C(=O)N2CCCN2CCOCC2)cc1. The summed E-state index contributed by atoms with van der Waals surface area (Å²) in [7, 11) is 0. The molecule has 8 heteroatoms. The Morgan fingerprint density at radius 2 is 1.53 bits per heavy atom. The van der Waals surface area contributed by atoms with Gasteiger partial charge in [0.1, 0.15) is 23.9 Å². The molecule has 2 aliphatic heterocycles. The normalized spacial score (nSPS) is 18.6. The first-order valence-corrected chi connectivity index (χ1v) is 15.1. The zero-order valence-corrected chi connectivity index (χ0v) is 24.7. The molecular formula is C35H40N2O6. The van der Waals surface area contributed by atoms with Gasteiger partial charge in [0.05, 0.1) is 31.4 Å². The zero-order valence-electron chi connectivity index (χ0n) is 24.7. The molecule has 0 bridgehead atoms. The molecule has 0 aliphatic carbocycles. The van der Waals surface area contributed by atoms with Gasteiger partial charge in [0.2, 0.25) is 0 Å².